The van der Waals surface area contributed by atoms with Gasteiger partial charge in [0.2, 0.25) is 0 Å². The summed E-state index contributed by atoms with van der Waals surface area (Å²) in [6, 6.07) is 15.2. The summed E-state index contributed by atoms with van der Waals surface area (Å²) in [4.78, 5) is 18.2. The molecular formula is C21H21N6. The molecule has 3 aromatic heterocycles. The van der Waals surface area contributed by atoms with Gasteiger partial charge in [-0.05, 0) is 44.0 Å². The lowest BCUT2D eigenvalue weighted by Crippen LogP contribution is -2.09. The van der Waals surface area contributed by atoms with Crippen LogP contribution < -0.4 is 5.32 Å². The fourth-order valence-corrected chi connectivity index (χ4v) is 2.96. The highest BCUT2D eigenvalue weighted by atomic mass is 15.2. The first-order chi connectivity index (χ1) is 13.2. The van der Waals surface area contributed by atoms with Crippen LogP contribution in [0.4, 0.5) is 5.82 Å². The molecule has 6 nitrogen and oxygen atoms in total. The molecule has 0 aliphatic carbocycles. The van der Waals surface area contributed by atoms with Gasteiger partial charge in [-0.1, -0.05) is 24.3 Å². The Labute approximate surface area is 158 Å². The fourth-order valence-electron chi connectivity index (χ4n) is 2.96. The largest absolute Gasteiger partial charge is 0.368 e. The van der Waals surface area contributed by atoms with Crippen molar-refractivity contribution in [1.82, 2.24) is 24.5 Å². The van der Waals surface area contributed by atoms with E-state index >= 15 is 0 Å². The SMILES string of the molecule is CC(C)n1cnc2c(NCCc3cc[c]cc3)nc(-c3cccnc3)nc21. The van der Waals surface area contributed by atoms with Crippen molar-refractivity contribution in [3.05, 3.63) is 66.7 Å². The summed E-state index contributed by atoms with van der Waals surface area (Å²) < 4.78 is 2.06. The van der Waals surface area contributed by atoms with E-state index in [1.807, 2.05) is 30.6 Å². The molecule has 3 heterocycles. The van der Waals surface area contributed by atoms with Gasteiger partial charge >= 0.3 is 0 Å². The standard InChI is InChI=1S/C21H21N6/c1-15(2)27-14-24-18-20(23-12-10-16-7-4-3-5-8-16)25-19(26-21(18)27)17-9-6-11-22-13-17/h4-9,11,13-15H,10,12H2,1-2H3,(H,23,25,26). The van der Waals surface area contributed by atoms with Crippen LogP contribution in [-0.2, 0) is 6.42 Å². The number of nitrogens with one attached hydrogen (secondary N) is 1. The lowest BCUT2D eigenvalue weighted by Gasteiger charge is -2.11. The van der Waals surface area contributed by atoms with Gasteiger partial charge in [-0.25, -0.2) is 15.0 Å². The number of imidazole rings is 1. The number of pyridine rings is 1. The average Bonchev–Trinajstić information content (AvgIpc) is 3.14. The van der Waals surface area contributed by atoms with Gasteiger partial charge in [-0.15, -0.1) is 0 Å². The minimum atomic E-state index is 0.264. The Morgan fingerprint density at radius 3 is 2.74 bits per heavy atom. The van der Waals surface area contributed by atoms with Gasteiger partial charge < -0.3 is 9.88 Å². The normalized spacial score (nSPS) is 11.2. The molecule has 0 saturated heterocycles. The Bertz CT molecular complexity index is 1020. The van der Waals surface area contributed by atoms with E-state index in [-0.39, 0.29) is 6.04 Å². The molecule has 1 aromatic carbocycles. The summed E-state index contributed by atoms with van der Waals surface area (Å²) >= 11 is 0. The number of aromatic nitrogens is 5. The van der Waals surface area contributed by atoms with Crippen molar-refractivity contribution in [3.8, 4) is 11.4 Å². The van der Waals surface area contributed by atoms with E-state index in [4.69, 9.17) is 9.97 Å². The number of nitrogens with zero attached hydrogens (tertiary/aromatic N) is 5. The highest BCUT2D eigenvalue weighted by molar-refractivity contribution is 5.85. The van der Waals surface area contributed by atoms with Crippen molar-refractivity contribution in [2.75, 3.05) is 11.9 Å². The summed E-state index contributed by atoms with van der Waals surface area (Å²) in [6.45, 7) is 5.00. The summed E-state index contributed by atoms with van der Waals surface area (Å²) in [5.41, 5.74) is 3.76. The van der Waals surface area contributed by atoms with Gasteiger partial charge in [0.25, 0.3) is 0 Å². The Hall–Kier alpha value is -3.28. The quantitative estimate of drug-likeness (QED) is 0.566. The van der Waals surface area contributed by atoms with Crippen molar-refractivity contribution in [1.29, 1.82) is 0 Å². The lowest BCUT2D eigenvalue weighted by molar-refractivity contribution is 0.613. The van der Waals surface area contributed by atoms with E-state index in [1.54, 1.807) is 12.4 Å². The third kappa shape index (κ3) is 3.65. The van der Waals surface area contributed by atoms with Crippen molar-refractivity contribution in [2.45, 2.75) is 26.3 Å². The molecule has 135 valence electrons. The molecule has 0 aliphatic rings. The van der Waals surface area contributed by atoms with E-state index < -0.39 is 0 Å². The first kappa shape index (κ1) is 17.1. The third-order valence-corrected chi connectivity index (χ3v) is 4.39. The predicted molar refractivity (Wildman–Crippen MR) is 106 cm³/mol. The number of rotatable bonds is 6. The number of anilines is 1. The maximum atomic E-state index is 4.76. The summed E-state index contributed by atoms with van der Waals surface area (Å²) in [6.07, 6.45) is 6.25. The Balaban J connectivity index is 1.69. The zero-order valence-electron chi connectivity index (χ0n) is 15.4. The summed E-state index contributed by atoms with van der Waals surface area (Å²) in [7, 11) is 0. The first-order valence-electron chi connectivity index (χ1n) is 9.06. The number of fused-ring (bicyclic) bond motifs is 1. The molecule has 6 heteroatoms. The Morgan fingerprint density at radius 1 is 1.15 bits per heavy atom. The highest BCUT2D eigenvalue weighted by Gasteiger charge is 2.15. The van der Waals surface area contributed by atoms with E-state index in [1.165, 1.54) is 5.56 Å². The van der Waals surface area contributed by atoms with Crippen LogP contribution >= 0.6 is 0 Å². The highest BCUT2D eigenvalue weighted by Crippen LogP contribution is 2.25. The topological polar surface area (TPSA) is 68.5 Å². The average molecular weight is 357 g/mol. The van der Waals surface area contributed by atoms with E-state index in [0.29, 0.717) is 5.82 Å². The third-order valence-electron chi connectivity index (χ3n) is 4.39. The lowest BCUT2D eigenvalue weighted by atomic mass is 10.1. The van der Waals surface area contributed by atoms with Crippen LogP contribution in [0.1, 0.15) is 25.5 Å². The second-order valence-corrected chi connectivity index (χ2v) is 6.64. The summed E-state index contributed by atoms with van der Waals surface area (Å²) in [5, 5.41) is 3.44. The molecule has 0 bridgehead atoms. The zero-order chi connectivity index (χ0) is 18.6. The van der Waals surface area contributed by atoms with Crippen LogP contribution in [0, 0.1) is 6.07 Å². The smallest absolute Gasteiger partial charge is 0.166 e. The molecule has 0 fully saturated rings. The Kier molecular flexibility index (Phi) is 4.78. The van der Waals surface area contributed by atoms with Crippen LogP contribution in [0.3, 0.4) is 0 Å². The summed E-state index contributed by atoms with van der Waals surface area (Å²) in [5.74, 6) is 1.40. The predicted octanol–water partition coefficient (Wildman–Crippen LogP) is 3.92. The van der Waals surface area contributed by atoms with E-state index in [9.17, 15) is 0 Å². The molecule has 4 aromatic rings. The molecule has 0 unspecified atom stereocenters. The van der Waals surface area contributed by atoms with Crippen molar-refractivity contribution in [2.24, 2.45) is 0 Å². The number of hydrogen-bond acceptors (Lipinski definition) is 5. The molecule has 1 N–H and O–H groups in total. The first-order valence-corrected chi connectivity index (χ1v) is 9.06. The van der Waals surface area contributed by atoms with Crippen LogP contribution in [0.15, 0.2) is 55.1 Å². The monoisotopic (exact) mass is 357 g/mol. The van der Waals surface area contributed by atoms with E-state index in [0.717, 1.165) is 35.5 Å². The second kappa shape index (κ2) is 7.53. The molecule has 0 saturated carbocycles. The van der Waals surface area contributed by atoms with Gasteiger partial charge in [-0.3, -0.25) is 4.98 Å². The Morgan fingerprint density at radius 2 is 2.00 bits per heavy atom. The minimum absolute atomic E-state index is 0.264. The van der Waals surface area contributed by atoms with Gasteiger partial charge in [0.15, 0.2) is 17.3 Å². The molecule has 0 amide bonds. The molecule has 0 atom stereocenters. The molecule has 27 heavy (non-hydrogen) atoms. The maximum absolute atomic E-state index is 4.76. The van der Waals surface area contributed by atoms with Gasteiger partial charge in [0.05, 0.1) is 6.33 Å². The van der Waals surface area contributed by atoms with Gasteiger partial charge in [-0.2, -0.15) is 0 Å². The molecular weight excluding hydrogens is 336 g/mol. The van der Waals surface area contributed by atoms with E-state index in [2.05, 4.69) is 51.9 Å². The van der Waals surface area contributed by atoms with Crippen LogP contribution in [-0.4, -0.2) is 31.0 Å². The van der Waals surface area contributed by atoms with Crippen molar-refractivity contribution < 1.29 is 0 Å². The second-order valence-electron chi connectivity index (χ2n) is 6.64. The molecule has 0 spiro atoms. The van der Waals surface area contributed by atoms with Gasteiger partial charge in [0.1, 0.15) is 5.52 Å². The number of benzene rings is 1. The zero-order valence-corrected chi connectivity index (χ0v) is 15.4. The fraction of sp³-hybridized carbons (Fsp3) is 0.238. The molecule has 0 aliphatic heterocycles. The van der Waals surface area contributed by atoms with Crippen LogP contribution in [0.2, 0.25) is 0 Å². The van der Waals surface area contributed by atoms with Crippen LogP contribution in [0.5, 0.6) is 0 Å². The van der Waals surface area contributed by atoms with Gasteiger partial charge in [0, 0.05) is 30.5 Å². The van der Waals surface area contributed by atoms with Crippen molar-refractivity contribution in [3.63, 3.8) is 0 Å². The maximum Gasteiger partial charge on any atom is 0.166 e. The molecule has 4 rings (SSSR count). The number of hydrogen-bond donors (Lipinski definition) is 1. The minimum Gasteiger partial charge on any atom is -0.368 e. The van der Waals surface area contributed by atoms with Crippen molar-refractivity contribution >= 4 is 17.0 Å². The van der Waals surface area contributed by atoms with Crippen LogP contribution in [0.25, 0.3) is 22.6 Å². The molecule has 1 radical (unpaired) electrons.